The quantitative estimate of drug-likeness (QED) is 0.194. The van der Waals surface area contributed by atoms with Crippen LogP contribution in [0.3, 0.4) is 0 Å². The summed E-state index contributed by atoms with van der Waals surface area (Å²) in [5.74, 6) is -0.192. The molecule has 4 aromatic rings. The molecule has 0 bridgehead atoms. The Morgan fingerprint density at radius 3 is 2.48 bits per heavy atom. The van der Waals surface area contributed by atoms with E-state index in [1.54, 1.807) is 36.4 Å². The number of aryl methyl sites for hydroxylation is 1. The summed E-state index contributed by atoms with van der Waals surface area (Å²) in [5.41, 5.74) is 3.03. The van der Waals surface area contributed by atoms with E-state index in [0.29, 0.717) is 37.4 Å². The number of ketones is 1. The van der Waals surface area contributed by atoms with Crippen molar-refractivity contribution < 1.29 is 19.1 Å². The highest BCUT2D eigenvalue weighted by atomic mass is 35.5. The first-order valence-corrected chi connectivity index (χ1v) is 11.7. The lowest BCUT2D eigenvalue weighted by Gasteiger charge is -2.11. The maximum absolute atomic E-state index is 12.8. The molecule has 0 radical (unpaired) electrons. The lowest BCUT2D eigenvalue weighted by Crippen LogP contribution is -2.12. The van der Waals surface area contributed by atoms with Crippen molar-refractivity contribution in [2.75, 3.05) is 6.61 Å². The van der Waals surface area contributed by atoms with Crippen molar-refractivity contribution in [1.82, 2.24) is 4.98 Å². The zero-order chi connectivity index (χ0) is 23.4. The number of thiophene rings is 1. The molecule has 168 valence electrons. The third kappa shape index (κ3) is 5.36. The van der Waals surface area contributed by atoms with E-state index in [0.717, 1.165) is 10.3 Å². The topological polar surface area (TPSA) is 65.5 Å². The molecule has 2 aromatic heterocycles. The average Bonchev–Trinajstić information content (AvgIpc) is 3.11. The Labute approximate surface area is 204 Å². The third-order valence-electron chi connectivity index (χ3n) is 4.99. The number of ether oxygens (including phenoxy) is 2. The zero-order valence-corrected chi connectivity index (χ0v) is 20.0. The van der Waals surface area contributed by atoms with E-state index in [1.165, 1.54) is 11.3 Å². The summed E-state index contributed by atoms with van der Waals surface area (Å²) in [6.07, 6.45) is 0.0468. The van der Waals surface area contributed by atoms with Crippen LogP contribution < -0.4 is 4.74 Å². The predicted molar refractivity (Wildman–Crippen MR) is 131 cm³/mol. The maximum atomic E-state index is 12.8. The number of esters is 1. The summed E-state index contributed by atoms with van der Waals surface area (Å²) in [4.78, 5) is 29.5. The molecule has 4 rings (SSSR count). The summed E-state index contributed by atoms with van der Waals surface area (Å²) >= 11 is 13.7. The normalized spacial score (nSPS) is 10.9. The largest absolute Gasteiger partial charge is 0.487 e. The molecule has 2 aromatic carbocycles. The van der Waals surface area contributed by atoms with Crippen molar-refractivity contribution in [2.45, 2.75) is 20.0 Å². The second-order valence-corrected chi connectivity index (χ2v) is 9.28. The molecule has 0 aliphatic heterocycles. The number of hydrogen-bond acceptors (Lipinski definition) is 6. The number of halogens is 2. The highest BCUT2D eigenvalue weighted by Gasteiger charge is 2.16. The van der Waals surface area contributed by atoms with Crippen LogP contribution in [0.25, 0.3) is 10.2 Å². The van der Waals surface area contributed by atoms with Crippen molar-refractivity contribution in [3.8, 4) is 5.75 Å². The first-order valence-electron chi connectivity index (χ1n) is 10.1. The smallest absolute Gasteiger partial charge is 0.338 e. The van der Waals surface area contributed by atoms with Crippen LogP contribution >= 0.6 is 34.5 Å². The number of aromatic nitrogens is 1. The van der Waals surface area contributed by atoms with Crippen LogP contribution in [0.15, 0.2) is 60.7 Å². The molecule has 5 nitrogen and oxygen atoms in total. The molecule has 0 unspecified atom stereocenters. The van der Waals surface area contributed by atoms with Gasteiger partial charge in [-0.15, -0.1) is 11.3 Å². The number of carbonyl (C=O) groups excluding carboxylic acids is 2. The minimum atomic E-state index is -0.445. The Balaban J connectivity index is 1.38. The van der Waals surface area contributed by atoms with Crippen LogP contribution in [0.1, 0.15) is 38.4 Å². The van der Waals surface area contributed by atoms with Crippen molar-refractivity contribution in [3.05, 3.63) is 92.4 Å². The molecule has 0 saturated carbocycles. The van der Waals surface area contributed by atoms with Gasteiger partial charge in [0.2, 0.25) is 0 Å². The van der Waals surface area contributed by atoms with E-state index >= 15 is 0 Å². The minimum Gasteiger partial charge on any atom is -0.487 e. The molecule has 0 N–H and O–H groups in total. The number of nitrogens with zero attached hydrogens (tertiary/aromatic N) is 1. The number of para-hydroxylation sites is 1. The van der Waals surface area contributed by atoms with Crippen LogP contribution in [-0.4, -0.2) is 23.3 Å². The van der Waals surface area contributed by atoms with Gasteiger partial charge in [-0.25, -0.2) is 9.78 Å². The van der Waals surface area contributed by atoms with Crippen molar-refractivity contribution >= 4 is 56.5 Å². The van der Waals surface area contributed by atoms with Gasteiger partial charge in [-0.05, 0) is 42.8 Å². The van der Waals surface area contributed by atoms with Gasteiger partial charge in [0.25, 0.3) is 0 Å². The number of Topliss-reactive ketones (excluding diaryl/α,β-unsaturated/α-hetero) is 1. The van der Waals surface area contributed by atoms with Gasteiger partial charge >= 0.3 is 5.97 Å². The molecule has 33 heavy (non-hydrogen) atoms. The fraction of sp³-hybridized carbons (Fsp3) is 0.160. The first kappa shape index (κ1) is 23.2. The Kier molecular flexibility index (Phi) is 7.28. The molecule has 0 fully saturated rings. The van der Waals surface area contributed by atoms with Gasteiger partial charge in [0.1, 0.15) is 22.2 Å². The van der Waals surface area contributed by atoms with Gasteiger partial charge in [0.15, 0.2) is 5.78 Å². The Morgan fingerprint density at radius 1 is 0.970 bits per heavy atom. The molecule has 2 heterocycles. The number of pyridine rings is 1. The third-order valence-corrected chi connectivity index (χ3v) is 6.92. The molecule has 0 aliphatic rings. The standard InChI is InChI=1S/C25H19Cl2NO4S/c1-15-6-2-3-7-17(15)25(30)31-13-12-19(29)18-8-4-5-9-20(18)32-14-16-10-11-21-23(28-16)22(26)24(27)33-21/h2-11H,12-14H2,1H3. The number of rotatable bonds is 8. The van der Waals surface area contributed by atoms with E-state index in [9.17, 15) is 9.59 Å². The van der Waals surface area contributed by atoms with Crippen molar-refractivity contribution in [3.63, 3.8) is 0 Å². The zero-order valence-electron chi connectivity index (χ0n) is 17.6. The molecule has 0 saturated heterocycles. The molecular formula is C25H19Cl2NO4S. The SMILES string of the molecule is Cc1ccccc1C(=O)OCCC(=O)c1ccccc1OCc1ccc2sc(Cl)c(Cl)c2n1. The molecule has 0 spiro atoms. The second-order valence-electron chi connectivity index (χ2n) is 7.25. The molecular weight excluding hydrogens is 481 g/mol. The molecule has 0 atom stereocenters. The summed E-state index contributed by atoms with van der Waals surface area (Å²) in [5, 5.41) is 0.425. The molecule has 8 heteroatoms. The van der Waals surface area contributed by atoms with Gasteiger partial charge in [-0.2, -0.15) is 0 Å². The van der Waals surface area contributed by atoms with Gasteiger partial charge in [-0.3, -0.25) is 4.79 Å². The van der Waals surface area contributed by atoms with Crippen LogP contribution in [0.2, 0.25) is 9.36 Å². The number of hydrogen-bond donors (Lipinski definition) is 0. The fourth-order valence-electron chi connectivity index (χ4n) is 3.27. The van der Waals surface area contributed by atoms with Crippen LogP contribution in [0.4, 0.5) is 0 Å². The highest BCUT2D eigenvalue weighted by molar-refractivity contribution is 7.23. The lowest BCUT2D eigenvalue weighted by atomic mass is 10.1. The van der Waals surface area contributed by atoms with E-state index in [-0.39, 0.29) is 25.4 Å². The predicted octanol–water partition coefficient (Wildman–Crippen LogP) is 6.92. The van der Waals surface area contributed by atoms with Crippen LogP contribution in [0.5, 0.6) is 5.75 Å². The monoisotopic (exact) mass is 499 g/mol. The summed E-state index contributed by atoms with van der Waals surface area (Å²) < 4.78 is 12.6. The Morgan fingerprint density at radius 2 is 1.70 bits per heavy atom. The van der Waals surface area contributed by atoms with Crippen molar-refractivity contribution in [1.29, 1.82) is 0 Å². The van der Waals surface area contributed by atoms with E-state index < -0.39 is 5.97 Å². The lowest BCUT2D eigenvalue weighted by molar-refractivity contribution is 0.0495. The second kappa shape index (κ2) is 10.3. The minimum absolute atomic E-state index is 0.0179. The average molecular weight is 500 g/mol. The van der Waals surface area contributed by atoms with Gasteiger partial charge < -0.3 is 9.47 Å². The van der Waals surface area contributed by atoms with Gasteiger partial charge in [-0.1, -0.05) is 53.5 Å². The van der Waals surface area contributed by atoms with E-state index in [2.05, 4.69) is 4.98 Å². The number of carbonyl (C=O) groups is 2. The van der Waals surface area contributed by atoms with E-state index in [4.69, 9.17) is 32.7 Å². The number of fused-ring (bicyclic) bond motifs is 1. The molecule has 0 aliphatic carbocycles. The fourth-order valence-corrected chi connectivity index (χ4v) is 4.68. The maximum Gasteiger partial charge on any atom is 0.338 e. The highest BCUT2D eigenvalue weighted by Crippen LogP contribution is 2.37. The van der Waals surface area contributed by atoms with Gasteiger partial charge in [0.05, 0.1) is 33.2 Å². The summed E-state index contributed by atoms with van der Waals surface area (Å²) in [7, 11) is 0. The Hall–Kier alpha value is -2.93. The van der Waals surface area contributed by atoms with Crippen molar-refractivity contribution in [2.24, 2.45) is 0 Å². The number of benzene rings is 2. The van der Waals surface area contributed by atoms with Crippen LogP contribution in [-0.2, 0) is 11.3 Å². The molecule has 0 amide bonds. The first-order chi connectivity index (χ1) is 15.9. The van der Waals surface area contributed by atoms with Gasteiger partial charge in [0, 0.05) is 6.42 Å². The van der Waals surface area contributed by atoms with E-state index in [1.807, 2.05) is 31.2 Å². The summed E-state index contributed by atoms with van der Waals surface area (Å²) in [6, 6.07) is 17.8. The summed E-state index contributed by atoms with van der Waals surface area (Å²) in [6.45, 7) is 1.98. The van der Waals surface area contributed by atoms with Crippen LogP contribution in [0, 0.1) is 6.92 Å². The Bertz CT molecular complexity index is 1340.